The lowest BCUT2D eigenvalue weighted by atomic mass is 10.1. The fourth-order valence-electron chi connectivity index (χ4n) is 3.13. The van der Waals surface area contributed by atoms with Gasteiger partial charge in [0.25, 0.3) is 10.0 Å². The number of esters is 1. The third-order valence-corrected chi connectivity index (χ3v) is 5.79. The summed E-state index contributed by atoms with van der Waals surface area (Å²) in [5.41, 5.74) is 0.649. The van der Waals surface area contributed by atoms with Crippen molar-refractivity contribution < 1.29 is 22.7 Å². The average Bonchev–Trinajstić information content (AvgIpc) is 3.27. The van der Waals surface area contributed by atoms with Crippen LogP contribution in [-0.4, -0.2) is 59.9 Å². The molecule has 8 nitrogen and oxygen atoms in total. The Morgan fingerprint density at radius 3 is 2.40 bits per heavy atom. The molecule has 0 N–H and O–H groups in total. The molecule has 0 saturated carbocycles. The number of methoxy groups -OCH3 is 1. The summed E-state index contributed by atoms with van der Waals surface area (Å²) < 4.78 is 40.8. The number of anilines is 1. The second-order valence-electron chi connectivity index (χ2n) is 7.08. The van der Waals surface area contributed by atoms with Crippen molar-refractivity contribution in [3.8, 4) is 11.5 Å². The largest absolute Gasteiger partial charge is 0.465 e. The van der Waals surface area contributed by atoms with Crippen molar-refractivity contribution in [3.05, 3.63) is 48.0 Å². The van der Waals surface area contributed by atoms with E-state index in [9.17, 15) is 13.2 Å². The molecule has 0 aromatic heterocycles. The van der Waals surface area contributed by atoms with E-state index in [0.717, 1.165) is 25.9 Å². The summed E-state index contributed by atoms with van der Waals surface area (Å²) in [6, 6.07) is 11.8. The van der Waals surface area contributed by atoms with Crippen LogP contribution in [0.4, 0.5) is 5.69 Å². The fourth-order valence-corrected chi connectivity index (χ4v) is 4.21. The zero-order chi connectivity index (χ0) is 21.7. The summed E-state index contributed by atoms with van der Waals surface area (Å²) in [5.74, 6) is -0.00166. The number of benzene rings is 2. The minimum Gasteiger partial charge on any atom is -0.465 e. The Hall–Kier alpha value is -3.07. The minimum atomic E-state index is -4.15. The molecular formula is C21H25N3O5S. The van der Waals surface area contributed by atoms with Gasteiger partial charge in [0.05, 0.1) is 18.4 Å². The highest BCUT2D eigenvalue weighted by atomic mass is 32.2. The normalized spacial score (nSPS) is 14.2. The third kappa shape index (κ3) is 4.91. The molecule has 1 heterocycles. The molecule has 2 aromatic rings. The lowest BCUT2D eigenvalue weighted by Gasteiger charge is -2.23. The second-order valence-corrected chi connectivity index (χ2v) is 8.68. The Morgan fingerprint density at radius 2 is 1.80 bits per heavy atom. The van der Waals surface area contributed by atoms with Crippen molar-refractivity contribution in [1.29, 1.82) is 0 Å². The van der Waals surface area contributed by atoms with Crippen molar-refractivity contribution in [2.24, 2.45) is 4.40 Å². The van der Waals surface area contributed by atoms with E-state index in [-0.39, 0.29) is 16.2 Å². The summed E-state index contributed by atoms with van der Waals surface area (Å²) in [7, 11) is 0.436. The number of hydrogen-bond acceptors (Lipinski definition) is 6. The van der Waals surface area contributed by atoms with Gasteiger partial charge in [0.1, 0.15) is 17.0 Å². The summed E-state index contributed by atoms with van der Waals surface area (Å²) in [6.45, 7) is 1.46. The predicted molar refractivity (Wildman–Crippen MR) is 115 cm³/mol. The van der Waals surface area contributed by atoms with Gasteiger partial charge in [-0.25, -0.2) is 4.79 Å². The number of carbonyl (C=O) groups excluding carboxylic acids is 1. The van der Waals surface area contributed by atoms with Crippen LogP contribution in [0.2, 0.25) is 0 Å². The molecule has 1 aliphatic heterocycles. The van der Waals surface area contributed by atoms with Crippen LogP contribution in [0.5, 0.6) is 11.5 Å². The van der Waals surface area contributed by atoms with Crippen LogP contribution < -0.4 is 9.64 Å². The van der Waals surface area contributed by atoms with Crippen molar-refractivity contribution in [2.75, 3.05) is 39.2 Å². The smallest absolute Gasteiger partial charge is 0.337 e. The van der Waals surface area contributed by atoms with Crippen LogP contribution >= 0.6 is 0 Å². The van der Waals surface area contributed by atoms with Crippen LogP contribution in [0, 0.1) is 0 Å². The molecule has 0 radical (unpaired) electrons. The first-order valence-electron chi connectivity index (χ1n) is 9.53. The molecule has 1 aliphatic rings. The molecule has 0 unspecified atom stereocenters. The highest BCUT2D eigenvalue weighted by Gasteiger charge is 2.29. The van der Waals surface area contributed by atoms with E-state index < -0.39 is 16.0 Å². The molecule has 9 heteroatoms. The van der Waals surface area contributed by atoms with Crippen LogP contribution in [0.25, 0.3) is 0 Å². The standard InChI is InChI=1S/C21H25N3O5S/c1-23(2)15-22-30(26,27)19-14-16(21(25)28-3)13-18(24-11-7-8-12-24)20(19)29-17-9-5-4-6-10-17/h4-6,9-10,13-15H,7-8,11-12H2,1-3H3/b22-15+. The van der Waals surface area contributed by atoms with E-state index >= 15 is 0 Å². The third-order valence-electron chi connectivity index (χ3n) is 4.56. The Bertz CT molecular complexity index is 1030. The van der Waals surface area contributed by atoms with Crippen LogP contribution in [0.1, 0.15) is 23.2 Å². The van der Waals surface area contributed by atoms with Gasteiger partial charge < -0.3 is 19.3 Å². The number of ether oxygens (including phenoxy) is 2. The van der Waals surface area contributed by atoms with Crippen molar-refractivity contribution in [2.45, 2.75) is 17.7 Å². The highest BCUT2D eigenvalue weighted by Crippen LogP contribution is 2.41. The van der Waals surface area contributed by atoms with E-state index in [4.69, 9.17) is 9.47 Å². The van der Waals surface area contributed by atoms with E-state index in [1.54, 1.807) is 44.4 Å². The Labute approximate surface area is 176 Å². The lowest BCUT2D eigenvalue weighted by molar-refractivity contribution is 0.0600. The first-order valence-corrected chi connectivity index (χ1v) is 11.0. The van der Waals surface area contributed by atoms with Gasteiger partial charge in [0.2, 0.25) is 0 Å². The van der Waals surface area contributed by atoms with Crippen LogP contribution in [0.15, 0.2) is 51.8 Å². The first-order chi connectivity index (χ1) is 14.3. The van der Waals surface area contributed by atoms with E-state index in [1.165, 1.54) is 24.4 Å². The van der Waals surface area contributed by atoms with Gasteiger partial charge in [-0.3, -0.25) is 0 Å². The zero-order valence-electron chi connectivity index (χ0n) is 17.2. The average molecular weight is 432 g/mol. The molecular weight excluding hydrogens is 406 g/mol. The lowest BCUT2D eigenvalue weighted by Crippen LogP contribution is -2.20. The summed E-state index contributed by atoms with van der Waals surface area (Å²) in [6.07, 6.45) is 3.13. The molecule has 0 atom stereocenters. The predicted octanol–water partition coefficient (Wildman–Crippen LogP) is 3.14. The molecule has 0 bridgehead atoms. The molecule has 30 heavy (non-hydrogen) atoms. The quantitative estimate of drug-likeness (QED) is 0.378. The van der Waals surface area contributed by atoms with Crippen LogP contribution in [0.3, 0.4) is 0 Å². The maximum Gasteiger partial charge on any atom is 0.337 e. The molecule has 0 amide bonds. The summed E-state index contributed by atoms with van der Waals surface area (Å²) in [4.78, 5) is 15.6. The Balaban J connectivity index is 2.24. The Kier molecular flexibility index (Phi) is 6.61. The number of para-hydroxylation sites is 1. The molecule has 2 aromatic carbocycles. The minimum absolute atomic E-state index is 0.124. The Morgan fingerprint density at radius 1 is 1.13 bits per heavy atom. The van der Waals surface area contributed by atoms with E-state index in [1.807, 2.05) is 11.0 Å². The molecule has 1 fully saturated rings. The second kappa shape index (κ2) is 9.17. The van der Waals surface area contributed by atoms with Gasteiger partial charge in [0.15, 0.2) is 5.75 Å². The van der Waals surface area contributed by atoms with Gasteiger partial charge in [-0.05, 0) is 37.1 Å². The summed E-state index contributed by atoms with van der Waals surface area (Å²) >= 11 is 0. The topological polar surface area (TPSA) is 88.5 Å². The number of hydrogen-bond donors (Lipinski definition) is 0. The van der Waals surface area contributed by atoms with Crippen LogP contribution in [-0.2, 0) is 14.8 Å². The van der Waals surface area contributed by atoms with Crippen molar-refractivity contribution >= 4 is 28.0 Å². The van der Waals surface area contributed by atoms with E-state index in [0.29, 0.717) is 11.4 Å². The maximum absolute atomic E-state index is 13.1. The molecule has 160 valence electrons. The van der Waals surface area contributed by atoms with Gasteiger partial charge in [0, 0.05) is 27.2 Å². The van der Waals surface area contributed by atoms with Gasteiger partial charge in [-0.2, -0.15) is 8.42 Å². The summed E-state index contributed by atoms with van der Waals surface area (Å²) in [5, 5.41) is 0. The van der Waals surface area contributed by atoms with Crippen molar-refractivity contribution in [1.82, 2.24) is 4.90 Å². The number of nitrogens with zero attached hydrogens (tertiary/aromatic N) is 3. The number of carbonyl (C=O) groups is 1. The van der Waals surface area contributed by atoms with E-state index in [2.05, 4.69) is 4.40 Å². The molecule has 1 saturated heterocycles. The number of rotatable bonds is 7. The van der Waals surface area contributed by atoms with Gasteiger partial charge in [-0.15, -0.1) is 4.40 Å². The first kappa shape index (κ1) is 21.6. The SMILES string of the molecule is COC(=O)c1cc(N2CCCC2)c(Oc2ccccc2)c(S(=O)(=O)/N=C/N(C)C)c1. The molecule has 0 aliphatic carbocycles. The van der Waals surface area contributed by atoms with Gasteiger partial charge in [-0.1, -0.05) is 18.2 Å². The monoisotopic (exact) mass is 431 g/mol. The molecule has 0 spiro atoms. The maximum atomic E-state index is 13.1. The molecule has 3 rings (SSSR count). The highest BCUT2D eigenvalue weighted by molar-refractivity contribution is 7.90. The number of sulfonamides is 1. The van der Waals surface area contributed by atoms with Crippen molar-refractivity contribution in [3.63, 3.8) is 0 Å². The fraction of sp³-hybridized carbons (Fsp3) is 0.333. The van der Waals surface area contributed by atoms with Gasteiger partial charge >= 0.3 is 5.97 Å². The zero-order valence-corrected chi connectivity index (χ0v) is 18.1.